The first-order chi connectivity index (χ1) is 33.6. The van der Waals surface area contributed by atoms with Crippen LogP contribution in [0, 0.1) is 0 Å². The van der Waals surface area contributed by atoms with Gasteiger partial charge in [-0.25, -0.2) is 0 Å². The number of aromatic nitrogens is 2. The second-order valence-electron chi connectivity index (χ2n) is 10.1. The van der Waals surface area contributed by atoms with E-state index in [9.17, 15) is 12.3 Å². The molecule has 10 rings (SSSR count). The third-order valence-electron chi connectivity index (χ3n) is 7.92. The van der Waals surface area contributed by atoms with Gasteiger partial charge in [0.05, 0.1) is 71.0 Å². The monoisotopic (exact) mass is 602 g/mol. The third-order valence-corrected chi connectivity index (χ3v) is 7.92. The van der Waals surface area contributed by atoms with E-state index in [4.69, 9.17) is 24.7 Å². The van der Waals surface area contributed by atoms with Crippen molar-refractivity contribution in [1.82, 2.24) is 9.13 Å². The van der Waals surface area contributed by atoms with Crippen LogP contribution in [0.5, 0.6) is 0 Å². The minimum Gasteiger partial charge on any atom is -0.333 e. The van der Waals surface area contributed by atoms with Crippen LogP contribution < -0.4 is 4.90 Å². The number of allylic oxidation sites excluding steroid dienone is 2. The fourth-order valence-electron chi connectivity index (χ4n) is 6.17. The van der Waals surface area contributed by atoms with Gasteiger partial charge in [0.2, 0.25) is 0 Å². The van der Waals surface area contributed by atoms with Crippen LogP contribution in [0.3, 0.4) is 0 Å². The van der Waals surface area contributed by atoms with Crippen LogP contribution in [0.25, 0.3) is 55.0 Å². The van der Waals surface area contributed by atoms with Crippen molar-refractivity contribution in [3.05, 3.63) is 169 Å². The van der Waals surface area contributed by atoms with Crippen molar-refractivity contribution >= 4 is 60.7 Å². The zero-order valence-electron chi connectivity index (χ0n) is 49.5. The molecule has 3 heteroatoms. The molecule has 2 unspecified atom stereocenters. The van der Waals surface area contributed by atoms with Crippen LogP contribution in [-0.4, -0.2) is 15.2 Å². The van der Waals surface area contributed by atoms with Crippen LogP contribution in [0.15, 0.2) is 163 Å². The van der Waals surface area contributed by atoms with Crippen molar-refractivity contribution in [2.75, 3.05) is 4.90 Å². The zero-order valence-corrected chi connectivity index (χ0v) is 22.5. The number of nitrogens with zero attached hydrogens (tertiary/aromatic N) is 3. The second kappa shape index (κ2) is 9.35. The van der Waals surface area contributed by atoms with Gasteiger partial charge in [-0.1, -0.05) is 103 Å². The van der Waals surface area contributed by atoms with Crippen molar-refractivity contribution in [2.24, 2.45) is 0 Å². The Bertz CT molecular complexity index is 3930. The standard InChI is InChI=1S/C42H29N3/c1-2-13-28(14-3-1)43-38-22-11-7-18-33(38)42-40(43)23-12-24-41(42)45-37-21-10-6-17-32(37)34-27-29(25-26-39(34)45)44-35-19-8-4-15-30(35)31-16-5-9-20-36(31)44/h1-27,40,42H/i1D,2D,3D,4D,5D,6D,7D,8D,9D,10D,11D,12D,13D,14D,15D,16D,17D,18D,19D,20D,21D,22D,23D,24D,25D,26D,27D. The van der Waals surface area contributed by atoms with E-state index in [0.717, 1.165) is 14.0 Å². The van der Waals surface area contributed by atoms with Gasteiger partial charge in [0.15, 0.2) is 0 Å². The first kappa shape index (κ1) is 10.1. The van der Waals surface area contributed by atoms with Crippen molar-refractivity contribution in [3.63, 3.8) is 0 Å². The molecule has 1 aliphatic heterocycles. The summed E-state index contributed by atoms with van der Waals surface area (Å²) in [6.07, 6.45) is 0. The second-order valence-corrected chi connectivity index (χ2v) is 10.1. The summed E-state index contributed by atoms with van der Waals surface area (Å²) in [5, 5.41) is -2.10. The van der Waals surface area contributed by atoms with E-state index in [0.29, 0.717) is 0 Å². The number of para-hydroxylation sites is 5. The van der Waals surface area contributed by atoms with Crippen molar-refractivity contribution in [1.29, 1.82) is 0 Å². The smallest absolute Gasteiger partial charge is 0.0652 e. The lowest BCUT2D eigenvalue weighted by Crippen LogP contribution is -2.31. The van der Waals surface area contributed by atoms with Gasteiger partial charge < -0.3 is 14.0 Å². The van der Waals surface area contributed by atoms with E-state index in [1.165, 1.54) is 0 Å². The van der Waals surface area contributed by atoms with Crippen molar-refractivity contribution in [2.45, 2.75) is 12.0 Å². The fourth-order valence-corrected chi connectivity index (χ4v) is 6.17. The van der Waals surface area contributed by atoms with Crippen LogP contribution in [-0.2, 0) is 0 Å². The molecule has 0 amide bonds. The number of rotatable bonds is 3. The average Bonchev–Trinajstić information content (AvgIpc) is 4.01. The summed E-state index contributed by atoms with van der Waals surface area (Å²) in [5.41, 5.74) is -5.55. The Morgan fingerprint density at radius 2 is 1.07 bits per heavy atom. The Kier molecular flexibility index (Phi) is 2.10. The Balaban J connectivity index is 1.44. The Morgan fingerprint density at radius 3 is 1.80 bits per heavy atom. The molecule has 45 heavy (non-hydrogen) atoms. The highest BCUT2D eigenvalue weighted by molar-refractivity contribution is 6.13. The fraction of sp³-hybridized carbons (Fsp3) is 0.0476. The van der Waals surface area contributed by atoms with Crippen LogP contribution in [0.1, 0.15) is 48.5 Å². The molecule has 6 aromatic carbocycles. The largest absolute Gasteiger partial charge is 0.333 e. The topological polar surface area (TPSA) is 13.1 Å². The first-order valence-corrected chi connectivity index (χ1v) is 13.5. The minimum absolute atomic E-state index is 0.455. The summed E-state index contributed by atoms with van der Waals surface area (Å²) in [5.74, 6) is -1.88. The van der Waals surface area contributed by atoms with E-state index in [-0.39, 0.29) is 0 Å². The SMILES string of the molecule is [2H]C1=C([2H])C2C(C(n3c4c([2H])c([2H])c([2H])c([2H])c4c4c([2H])c(-n5c6c([2H])c([2H])c([2H])c([2H])c6c6c([2H])c([2H])c([2H])c([2H])c65)c([2H])c([2H])c43)=C1[2H])c1c([2H])c([2H])c([2H])c([2H])c1N2c1c([2H])c([2H])c([2H])c([2H])c1[2H]. The molecule has 0 saturated carbocycles. The molecule has 2 atom stereocenters. The average molecular weight is 603 g/mol. The molecule has 1 aliphatic carbocycles. The third kappa shape index (κ3) is 3.41. The predicted molar refractivity (Wildman–Crippen MR) is 189 cm³/mol. The van der Waals surface area contributed by atoms with Crippen molar-refractivity contribution in [3.8, 4) is 5.69 Å². The number of fused-ring (bicyclic) bond motifs is 9. The molecule has 0 saturated heterocycles. The Morgan fingerprint density at radius 1 is 0.489 bits per heavy atom. The summed E-state index contributed by atoms with van der Waals surface area (Å²) >= 11 is 0. The molecule has 8 aromatic rings. The first-order valence-electron chi connectivity index (χ1n) is 27.0. The van der Waals surface area contributed by atoms with E-state index >= 15 is 0 Å². The maximum atomic E-state index is 9.98. The van der Waals surface area contributed by atoms with Crippen molar-refractivity contribution < 1.29 is 37.0 Å². The lowest BCUT2D eigenvalue weighted by Gasteiger charge is -2.32. The lowest BCUT2D eigenvalue weighted by molar-refractivity contribution is 0.736. The molecule has 212 valence electrons. The molecular formula is C42H29N3. The molecule has 0 fully saturated rings. The van der Waals surface area contributed by atoms with E-state index in [1.54, 1.807) is 0 Å². The predicted octanol–water partition coefficient (Wildman–Crippen LogP) is 10.6. The summed E-state index contributed by atoms with van der Waals surface area (Å²) in [6.45, 7) is 0. The number of anilines is 2. The van der Waals surface area contributed by atoms with Gasteiger partial charge in [-0.2, -0.15) is 0 Å². The molecule has 0 radical (unpaired) electrons. The molecule has 2 aromatic heterocycles. The maximum Gasteiger partial charge on any atom is 0.0652 e. The molecule has 0 bridgehead atoms. The number of hydrogen-bond acceptors (Lipinski definition) is 1. The Labute approximate surface area is 299 Å². The maximum absolute atomic E-state index is 9.98. The number of hydrogen-bond donors (Lipinski definition) is 0. The van der Waals surface area contributed by atoms with Crippen LogP contribution >= 0.6 is 0 Å². The highest BCUT2D eigenvalue weighted by Gasteiger charge is 2.41. The molecule has 0 N–H and O–H groups in total. The van der Waals surface area contributed by atoms with Crippen LogP contribution in [0.2, 0.25) is 0 Å². The van der Waals surface area contributed by atoms with Gasteiger partial charge in [0, 0.05) is 44.3 Å². The molecule has 3 nitrogen and oxygen atoms in total. The normalized spacial score (nSPS) is 26.4. The van der Waals surface area contributed by atoms with Gasteiger partial charge >= 0.3 is 0 Å². The molecule has 2 aliphatic rings. The van der Waals surface area contributed by atoms with Gasteiger partial charge in [-0.05, 0) is 66.0 Å². The lowest BCUT2D eigenvalue weighted by atomic mass is 9.87. The van der Waals surface area contributed by atoms with E-state index in [2.05, 4.69) is 0 Å². The van der Waals surface area contributed by atoms with E-state index < -0.39 is 247 Å². The Hall–Kier alpha value is -5.80. The number of benzene rings is 6. The molecule has 0 spiro atoms. The summed E-state index contributed by atoms with van der Waals surface area (Å²) in [4.78, 5) is 0.863. The summed E-state index contributed by atoms with van der Waals surface area (Å²) < 4.78 is 245. The van der Waals surface area contributed by atoms with Gasteiger partial charge in [-0.3, -0.25) is 0 Å². The highest BCUT2D eigenvalue weighted by atomic mass is 15.2. The van der Waals surface area contributed by atoms with Crippen LogP contribution in [0.4, 0.5) is 11.4 Å². The minimum atomic E-state index is -1.90. The summed E-state index contributed by atoms with van der Waals surface area (Å²) in [6, 6.07) is -25.5. The van der Waals surface area contributed by atoms with E-state index in [1.807, 2.05) is 0 Å². The summed E-state index contributed by atoms with van der Waals surface area (Å²) in [7, 11) is 0. The van der Waals surface area contributed by atoms with Gasteiger partial charge in [0.25, 0.3) is 0 Å². The van der Waals surface area contributed by atoms with Gasteiger partial charge in [-0.15, -0.1) is 0 Å². The zero-order chi connectivity index (χ0) is 53.0. The molecular weight excluding hydrogens is 546 g/mol. The van der Waals surface area contributed by atoms with Gasteiger partial charge in [0.1, 0.15) is 0 Å². The molecule has 3 heterocycles. The highest BCUT2D eigenvalue weighted by Crippen LogP contribution is 2.52. The quantitative estimate of drug-likeness (QED) is 0.196.